The monoisotopic (exact) mass is 355 g/mol. The van der Waals surface area contributed by atoms with E-state index in [1.807, 2.05) is 18.2 Å². The summed E-state index contributed by atoms with van der Waals surface area (Å²) < 4.78 is 6.75. The van der Waals surface area contributed by atoms with Gasteiger partial charge in [0.15, 0.2) is 0 Å². The van der Waals surface area contributed by atoms with E-state index < -0.39 is 0 Å². The van der Waals surface area contributed by atoms with E-state index in [4.69, 9.17) is 4.52 Å². The molecule has 3 aromatic rings. The Morgan fingerprint density at radius 2 is 1.68 bits per heavy atom. The second-order valence-corrected chi connectivity index (χ2v) is 6.22. The normalized spacial score (nSPS) is 10.8. The lowest BCUT2D eigenvalue weighted by Crippen LogP contribution is -1.88. The number of hydrogen-bond donors (Lipinski definition) is 0. The molecule has 0 aliphatic heterocycles. The van der Waals surface area contributed by atoms with Gasteiger partial charge in [0.05, 0.1) is 5.56 Å². The largest absolute Gasteiger partial charge is 0.360 e. The molecule has 0 N–H and O–H groups in total. The smallest absolute Gasteiger partial charge is 0.145 e. The predicted molar refractivity (Wildman–Crippen MR) is 93.7 cm³/mol. The van der Waals surface area contributed by atoms with E-state index in [0.717, 1.165) is 51.9 Å². The first kappa shape index (κ1) is 15.0. The number of halogens is 1. The zero-order valence-electron chi connectivity index (χ0n) is 12.6. The molecule has 0 saturated carbocycles. The maximum atomic E-state index is 5.68. The zero-order valence-corrected chi connectivity index (χ0v) is 14.1. The van der Waals surface area contributed by atoms with Crippen molar-refractivity contribution in [2.24, 2.45) is 0 Å². The minimum atomic E-state index is 0.918. The standard InChI is InChI=1S/C19H18BrNO/c1-2-3-9-17-18(14-10-12-16(20)13-11-14)19(21-22-17)15-7-5-4-6-8-15/h4-8,10-13H,2-3,9H2,1H3. The van der Waals surface area contributed by atoms with Crippen molar-refractivity contribution in [2.45, 2.75) is 26.2 Å². The van der Waals surface area contributed by atoms with Crippen molar-refractivity contribution < 1.29 is 4.52 Å². The molecule has 0 amide bonds. The second kappa shape index (κ2) is 6.93. The predicted octanol–water partition coefficient (Wildman–Crippen LogP) is 6.11. The summed E-state index contributed by atoms with van der Waals surface area (Å²) in [5, 5.41) is 4.35. The number of unbranched alkanes of at least 4 members (excludes halogenated alkanes) is 1. The SMILES string of the molecule is CCCCc1onc(-c2ccccc2)c1-c1ccc(Br)cc1. The van der Waals surface area contributed by atoms with Gasteiger partial charge in [-0.1, -0.05) is 76.9 Å². The Kier molecular flexibility index (Phi) is 4.74. The molecular weight excluding hydrogens is 338 g/mol. The summed E-state index contributed by atoms with van der Waals surface area (Å²) in [6.07, 6.45) is 3.16. The van der Waals surface area contributed by atoms with Crippen LogP contribution in [0.15, 0.2) is 63.6 Å². The Morgan fingerprint density at radius 3 is 2.36 bits per heavy atom. The Bertz CT molecular complexity index is 732. The molecule has 1 heterocycles. The van der Waals surface area contributed by atoms with E-state index in [9.17, 15) is 0 Å². The van der Waals surface area contributed by atoms with Crippen molar-refractivity contribution in [3.63, 3.8) is 0 Å². The number of nitrogens with zero attached hydrogens (tertiary/aromatic N) is 1. The molecule has 112 valence electrons. The van der Waals surface area contributed by atoms with E-state index in [0.29, 0.717) is 0 Å². The fourth-order valence-corrected chi connectivity index (χ4v) is 2.80. The molecule has 1 aromatic heterocycles. The van der Waals surface area contributed by atoms with Gasteiger partial charge in [-0.25, -0.2) is 0 Å². The van der Waals surface area contributed by atoms with Crippen LogP contribution in [0.1, 0.15) is 25.5 Å². The molecule has 0 atom stereocenters. The summed E-state index contributed by atoms with van der Waals surface area (Å²) in [7, 11) is 0. The lowest BCUT2D eigenvalue weighted by molar-refractivity contribution is 0.383. The molecular formula is C19H18BrNO. The van der Waals surface area contributed by atoms with Crippen LogP contribution in [0, 0.1) is 0 Å². The lowest BCUT2D eigenvalue weighted by Gasteiger charge is -2.05. The van der Waals surface area contributed by atoms with Crippen LogP contribution < -0.4 is 0 Å². The highest BCUT2D eigenvalue weighted by Crippen LogP contribution is 2.35. The average Bonchev–Trinajstić information content (AvgIpc) is 2.98. The van der Waals surface area contributed by atoms with E-state index in [-0.39, 0.29) is 0 Å². The number of benzene rings is 2. The van der Waals surface area contributed by atoms with Crippen LogP contribution >= 0.6 is 15.9 Å². The molecule has 2 nitrogen and oxygen atoms in total. The molecule has 0 unspecified atom stereocenters. The van der Waals surface area contributed by atoms with Crippen LogP contribution in [0.5, 0.6) is 0 Å². The van der Waals surface area contributed by atoms with Crippen molar-refractivity contribution >= 4 is 15.9 Å². The molecule has 0 aliphatic rings. The molecule has 0 saturated heterocycles. The van der Waals surface area contributed by atoms with Crippen LogP contribution in [0.4, 0.5) is 0 Å². The summed E-state index contributed by atoms with van der Waals surface area (Å²) in [6, 6.07) is 18.6. The first-order valence-corrected chi connectivity index (χ1v) is 8.38. The molecule has 0 aliphatic carbocycles. The summed E-state index contributed by atoms with van der Waals surface area (Å²) >= 11 is 3.49. The maximum absolute atomic E-state index is 5.68. The Labute approximate surface area is 139 Å². The van der Waals surface area contributed by atoms with Gasteiger partial charge in [0.25, 0.3) is 0 Å². The van der Waals surface area contributed by atoms with E-state index in [1.165, 1.54) is 0 Å². The van der Waals surface area contributed by atoms with Gasteiger partial charge in [0.2, 0.25) is 0 Å². The summed E-state index contributed by atoms with van der Waals surface area (Å²) in [6.45, 7) is 2.19. The van der Waals surface area contributed by atoms with Crippen molar-refractivity contribution in [1.82, 2.24) is 5.16 Å². The molecule has 3 rings (SSSR count). The fourth-order valence-electron chi connectivity index (χ4n) is 2.54. The Morgan fingerprint density at radius 1 is 0.955 bits per heavy atom. The average molecular weight is 356 g/mol. The fraction of sp³-hybridized carbons (Fsp3) is 0.211. The van der Waals surface area contributed by atoms with Crippen LogP contribution in [-0.4, -0.2) is 5.16 Å². The third-order valence-corrected chi connectivity index (χ3v) is 4.23. The molecule has 0 spiro atoms. The van der Waals surface area contributed by atoms with E-state index in [2.05, 4.69) is 64.4 Å². The van der Waals surface area contributed by atoms with E-state index >= 15 is 0 Å². The highest BCUT2D eigenvalue weighted by molar-refractivity contribution is 9.10. The number of hydrogen-bond acceptors (Lipinski definition) is 2. The summed E-state index contributed by atoms with van der Waals surface area (Å²) in [5.74, 6) is 0.975. The summed E-state index contributed by atoms with van der Waals surface area (Å²) in [5.41, 5.74) is 4.28. The van der Waals surface area contributed by atoms with Crippen molar-refractivity contribution in [2.75, 3.05) is 0 Å². The Balaban J connectivity index is 2.11. The minimum Gasteiger partial charge on any atom is -0.360 e. The van der Waals surface area contributed by atoms with Crippen LogP contribution in [-0.2, 0) is 6.42 Å². The number of rotatable bonds is 5. The van der Waals surface area contributed by atoms with E-state index in [1.54, 1.807) is 0 Å². The lowest BCUT2D eigenvalue weighted by atomic mass is 9.97. The third-order valence-electron chi connectivity index (χ3n) is 3.70. The molecule has 0 bridgehead atoms. The second-order valence-electron chi connectivity index (χ2n) is 5.31. The highest BCUT2D eigenvalue weighted by atomic mass is 79.9. The number of aryl methyl sites for hydroxylation is 1. The molecule has 22 heavy (non-hydrogen) atoms. The van der Waals surface area contributed by atoms with Gasteiger partial charge in [-0.15, -0.1) is 0 Å². The first-order valence-electron chi connectivity index (χ1n) is 7.59. The van der Waals surface area contributed by atoms with Gasteiger partial charge in [0, 0.05) is 16.5 Å². The first-order chi connectivity index (χ1) is 10.8. The van der Waals surface area contributed by atoms with Gasteiger partial charge in [-0.05, 0) is 24.1 Å². The van der Waals surface area contributed by atoms with Gasteiger partial charge in [-0.3, -0.25) is 0 Å². The van der Waals surface area contributed by atoms with Gasteiger partial charge in [0.1, 0.15) is 11.5 Å². The number of aromatic nitrogens is 1. The van der Waals surface area contributed by atoms with Crippen LogP contribution in [0.2, 0.25) is 0 Å². The van der Waals surface area contributed by atoms with Crippen molar-refractivity contribution in [3.05, 3.63) is 64.8 Å². The molecule has 0 fully saturated rings. The quantitative estimate of drug-likeness (QED) is 0.551. The minimum absolute atomic E-state index is 0.918. The summed E-state index contributed by atoms with van der Waals surface area (Å²) in [4.78, 5) is 0. The zero-order chi connectivity index (χ0) is 15.4. The van der Waals surface area contributed by atoms with Crippen LogP contribution in [0.3, 0.4) is 0 Å². The topological polar surface area (TPSA) is 26.0 Å². The van der Waals surface area contributed by atoms with Gasteiger partial charge < -0.3 is 4.52 Å². The van der Waals surface area contributed by atoms with Gasteiger partial charge in [-0.2, -0.15) is 0 Å². The maximum Gasteiger partial charge on any atom is 0.145 e. The highest BCUT2D eigenvalue weighted by Gasteiger charge is 2.18. The van der Waals surface area contributed by atoms with Crippen molar-refractivity contribution in [1.29, 1.82) is 0 Å². The Hall–Kier alpha value is -1.87. The van der Waals surface area contributed by atoms with Crippen molar-refractivity contribution in [3.8, 4) is 22.4 Å². The van der Waals surface area contributed by atoms with Gasteiger partial charge >= 0.3 is 0 Å². The third kappa shape index (κ3) is 3.14. The molecule has 0 radical (unpaired) electrons. The molecule has 2 aromatic carbocycles. The molecule has 3 heteroatoms. The van der Waals surface area contributed by atoms with Crippen LogP contribution in [0.25, 0.3) is 22.4 Å².